The SMILES string of the molecule is COCC1(C(=O)O)CCN(C(=O)CNC(=O)CC2CCCCC2)C1. The van der Waals surface area contributed by atoms with Crippen LogP contribution in [0.1, 0.15) is 44.9 Å². The smallest absolute Gasteiger partial charge is 0.313 e. The molecule has 0 aromatic heterocycles. The van der Waals surface area contributed by atoms with Crippen molar-refractivity contribution in [3.63, 3.8) is 0 Å². The van der Waals surface area contributed by atoms with E-state index in [0.29, 0.717) is 25.3 Å². The topological polar surface area (TPSA) is 95.9 Å². The van der Waals surface area contributed by atoms with Gasteiger partial charge in [0.1, 0.15) is 5.41 Å². The average molecular weight is 340 g/mol. The molecule has 7 nitrogen and oxygen atoms in total. The molecule has 7 heteroatoms. The number of likely N-dealkylation sites (tertiary alicyclic amines) is 1. The minimum absolute atomic E-state index is 0.0613. The molecule has 1 aliphatic heterocycles. The van der Waals surface area contributed by atoms with Gasteiger partial charge < -0.3 is 20.1 Å². The van der Waals surface area contributed by atoms with Crippen LogP contribution < -0.4 is 5.32 Å². The molecule has 0 spiro atoms. The summed E-state index contributed by atoms with van der Waals surface area (Å²) in [5.74, 6) is -0.829. The summed E-state index contributed by atoms with van der Waals surface area (Å²) in [6.07, 6.45) is 6.65. The van der Waals surface area contributed by atoms with Crippen molar-refractivity contribution in [2.24, 2.45) is 11.3 Å². The number of hydrogen-bond donors (Lipinski definition) is 2. The van der Waals surface area contributed by atoms with E-state index in [4.69, 9.17) is 4.74 Å². The van der Waals surface area contributed by atoms with Gasteiger partial charge in [0.25, 0.3) is 0 Å². The van der Waals surface area contributed by atoms with Crippen molar-refractivity contribution in [2.75, 3.05) is 33.4 Å². The number of rotatable bonds is 7. The van der Waals surface area contributed by atoms with E-state index in [1.165, 1.54) is 31.3 Å². The lowest BCUT2D eigenvalue weighted by Gasteiger charge is -2.24. The van der Waals surface area contributed by atoms with Crippen molar-refractivity contribution in [1.29, 1.82) is 0 Å². The molecule has 0 radical (unpaired) electrons. The van der Waals surface area contributed by atoms with Crippen LogP contribution in [-0.2, 0) is 19.1 Å². The van der Waals surface area contributed by atoms with Crippen LogP contribution in [-0.4, -0.2) is 61.1 Å². The third kappa shape index (κ3) is 4.69. The van der Waals surface area contributed by atoms with Gasteiger partial charge in [-0.3, -0.25) is 14.4 Å². The molecule has 1 atom stereocenters. The molecule has 0 aromatic rings. The number of aliphatic carboxylic acids is 1. The summed E-state index contributed by atoms with van der Waals surface area (Å²) in [5.41, 5.74) is -1.03. The Bertz CT molecular complexity index is 476. The van der Waals surface area contributed by atoms with Gasteiger partial charge in [0, 0.05) is 26.6 Å². The number of nitrogens with zero attached hydrogens (tertiary/aromatic N) is 1. The lowest BCUT2D eigenvalue weighted by Crippen LogP contribution is -2.43. The maximum Gasteiger partial charge on any atom is 0.313 e. The van der Waals surface area contributed by atoms with Gasteiger partial charge in [-0.05, 0) is 25.2 Å². The van der Waals surface area contributed by atoms with Crippen LogP contribution in [0.4, 0.5) is 0 Å². The minimum Gasteiger partial charge on any atom is -0.481 e. The third-order valence-corrected chi connectivity index (χ3v) is 5.22. The second-order valence-corrected chi connectivity index (χ2v) is 7.07. The fourth-order valence-electron chi connectivity index (χ4n) is 3.73. The van der Waals surface area contributed by atoms with Crippen LogP contribution in [0.5, 0.6) is 0 Å². The Labute approximate surface area is 142 Å². The van der Waals surface area contributed by atoms with E-state index in [0.717, 1.165) is 12.8 Å². The van der Waals surface area contributed by atoms with E-state index in [1.807, 2.05) is 0 Å². The largest absolute Gasteiger partial charge is 0.481 e. The van der Waals surface area contributed by atoms with Crippen molar-refractivity contribution in [3.8, 4) is 0 Å². The maximum absolute atomic E-state index is 12.2. The Morgan fingerprint density at radius 2 is 1.96 bits per heavy atom. The van der Waals surface area contributed by atoms with Gasteiger partial charge in [-0.15, -0.1) is 0 Å². The number of hydrogen-bond acceptors (Lipinski definition) is 4. The summed E-state index contributed by atoms with van der Waals surface area (Å²) in [5, 5.41) is 12.1. The maximum atomic E-state index is 12.2. The van der Waals surface area contributed by atoms with E-state index < -0.39 is 11.4 Å². The summed E-state index contributed by atoms with van der Waals surface area (Å²) in [6, 6.07) is 0. The monoisotopic (exact) mass is 340 g/mol. The number of carboxylic acid groups (broad SMARTS) is 1. The van der Waals surface area contributed by atoms with Crippen molar-refractivity contribution >= 4 is 17.8 Å². The van der Waals surface area contributed by atoms with Gasteiger partial charge in [0.05, 0.1) is 13.2 Å². The first-order valence-corrected chi connectivity index (χ1v) is 8.74. The van der Waals surface area contributed by atoms with Gasteiger partial charge in [-0.1, -0.05) is 19.3 Å². The highest BCUT2D eigenvalue weighted by atomic mass is 16.5. The van der Waals surface area contributed by atoms with Crippen molar-refractivity contribution in [1.82, 2.24) is 10.2 Å². The number of ether oxygens (including phenoxy) is 1. The predicted octanol–water partition coefficient (Wildman–Crippen LogP) is 1.02. The fraction of sp³-hybridized carbons (Fsp3) is 0.824. The van der Waals surface area contributed by atoms with Crippen LogP contribution >= 0.6 is 0 Å². The van der Waals surface area contributed by atoms with Gasteiger partial charge in [-0.25, -0.2) is 0 Å². The zero-order chi connectivity index (χ0) is 17.6. The van der Waals surface area contributed by atoms with Crippen LogP contribution in [0.2, 0.25) is 0 Å². The standard InChI is InChI=1S/C17H28N2O5/c1-24-12-17(16(22)23)7-8-19(11-17)15(21)10-18-14(20)9-13-5-3-2-4-6-13/h13H,2-12H2,1H3,(H,18,20)(H,22,23). The molecule has 1 saturated carbocycles. The lowest BCUT2D eigenvalue weighted by molar-refractivity contribution is -0.151. The quantitative estimate of drug-likeness (QED) is 0.721. The number of methoxy groups -OCH3 is 1. The molecule has 1 saturated heterocycles. The molecule has 1 unspecified atom stereocenters. The third-order valence-electron chi connectivity index (χ3n) is 5.22. The Morgan fingerprint density at radius 1 is 1.25 bits per heavy atom. The van der Waals surface area contributed by atoms with Crippen LogP contribution in [0.3, 0.4) is 0 Å². The fourth-order valence-corrected chi connectivity index (χ4v) is 3.73. The van der Waals surface area contributed by atoms with E-state index in [1.54, 1.807) is 0 Å². The first kappa shape index (κ1) is 18.7. The highest BCUT2D eigenvalue weighted by Crippen LogP contribution is 2.31. The van der Waals surface area contributed by atoms with E-state index in [2.05, 4.69) is 5.32 Å². The molecule has 0 bridgehead atoms. The Morgan fingerprint density at radius 3 is 2.58 bits per heavy atom. The van der Waals surface area contributed by atoms with E-state index in [-0.39, 0.29) is 31.5 Å². The first-order chi connectivity index (χ1) is 11.5. The Hall–Kier alpha value is -1.63. The molecule has 2 aliphatic rings. The minimum atomic E-state index is -1.03. The summed E-state index contributed by atoms with van der Waals surface area (Å²) in [6.45, 7) is 0.537. The van der Waals surface area contributed by atoms with Crippen LogP contribution in [0.25, 0.3) is 0 Å². The molecule has 2 N–H and O–H groups in total. The van der Waals surface area contributed by atoms with E-state index >= 15 is 0 Å². The highest BCUT2D eigenvalue weighted by molar-refractivity contribution is 5.86. The first-order valence-electron chi connectivity index (χ1n) is 8.74. The summed E-state index contributed by atoms with van der Waals surface area (Å²) in [7, 11) is 1.46. The van der Waals surface area contributed by atoms with Crippen LogP contribution in [0.15, 0.2) is 0 Å². The normalized spacial score (nSPS) is 24.8. The Balaban J connectivity index is 1.76. The number of carboxylic acids is 1. The number of carbonyl (C=O) groups is 3. The van der Waals surface area contributed by atoms with Crippen LogP contribution in [0, 0.1) is 11.3 Å². The molecule has 1 heterocycles. The Kier molecular flexibility index (Phi) is 6.60. The molecule has 0 aromatic carbocycles. The molecular weight excluding hydrogens is 312 g/mol. The lowest BCUT2D eigenvalue weighted by atomic mass is 9.87. The van der Waals surface area contributed by atoms with Gasteiger partial charge >= 0.3 is 5.97 Å². The average Bonchev–Trinajstić information content (AvgIpc) is 3.00. The molecule has 2 amide bonds. The van der Waals surface area contributed by atoms with Gasteiger partial charge in [-0.2, -0.15) is 0 Å². The number of carbonyl (C=O) groups excluding carboxylic acids is 2. The molecule has 136 valence electrons. The summed E-state index contributed by atoms with van der Waals surface area (Å²) >= 11 is 0. The van der Waals surface area contributed by atoms with Gasteiger partial charge in [0.15, 0.2) is 0 Å². The van der Waals surface area contributed by atoms with Crippen molar-refractivity contribution in [3.05, 3.63) is 0 Å². The number of nitrogens with one attached hydrogen (secondary N) is 1. The second kappa shape index (κ2) is 8.46. The number of amides is 2. The molecule has 1 aliphatic carbocycles. The summed E-state index contributed by atoms with van der Waals surface area (Å²) in [4.78, 5) is 37.2. The zero-order valence-corrected chi connectivity index (χ0v) is 14.4. The molecular formula is C17H28N2O5. The zero-order valence-electron chi connectivity index (χ0n) is 14.4. The molecule has 2 fully saturated rings. The van der Waals surface area contributed by atoms with Crippen molar-refractivity contribution in [2.45, 2.75) is 44.9 Å². The molecule has 2 rings (SSSR count). The molecule has 24 heavy (non-hydrogen) atoms. The second-order valence-electron chi connectivity index (χ2n) is 7.07. The predicted molar refractivity (Wildman–Crippen MR) is 87.3 cm³/mol. The van der Waals surface area contributed by atoms with Gasteiger partial charge in [0.2, 0.25) is 11.8 Å². The summed E-state index contributed by atoms with van der Waals surface area (Å²) < 4.78 is 5.01. The van der Waals surface area contributed by atoms with Crippen molar-refractivity contribution < 1.29 is 24.2 Å². The highest BCUT2D eigenvalue weighted by Gasteiger charge is 2.46. The van der Waals surface area contributed by atoms with E-state index in [9.17, 15) is 19.5 Å².